The summed E-state index contributed by atoms with van der Waals surface area (Å²) in [7, 11) is 0. The van der Waals surface area contributed by atoms with E-state index in [-0.39, 0.29) is 24.2 Å². The number of nitro groups is 1. The number of amides is 1. The van der Waals surface area contributed by atoms with Crippen LogP contribution < -0.4 is 11.1 Å². The van der Waals surface area contributed by atoms with E-state index >= 15 is 0 Å². The third-order valence-electron chi connectivity index (χ3n) is 4.55. The van der Waals surface area contributed by atoms with Gasteiger partial charge in [-0.05, 0) is 52.4 Å². The number of hydrogen-bond acceptors (Lipinski definition) is 5. The van der Waals surface area contributed by atoms with Gasteiger partial charge in [0.25, 0.3) is 0 Å². The molecule has 25 heavy (non-hydrogen) atoms. The monoisotopic (exact) mass is 343 g/mol. The van der Waals surface area contributed by atoms with Crippen LogP contribution in [0.2, 0.25) is 0 Å². The van der Waals surface area contributed by atoms with E-state index < -0.39 is 4.92 Å². The van der Waals surface area contributed by atoms with E-state index in [2.05, 4.69) is 10.3 Å². The van der Waals surface area contributed by atoms with Gasteiger partial charge in [-0.2, -0.15) is 0 Å². The Labute approximate surface area is 145 Å². The zero-order chi connectivity index (χ0) is 18.0. The minimum Gasteiger partial charge on any atom is -0.399 e. The van der Waals surface area contributed by atoms with Gasteiger partial charge in [0, 0.05) is 25.6 Å². The van der Waals surface area contributed by atoms with Crippen molar-refractivity contribution < 1.29 is 9.72 Å². The Morgan fingerprint density at radius 3 is 3.04 bits per heavy atom. The fraction of sp³-hybridized carbons (Fsp3) is 0.412. The van der Waals surface area contributed by atoms with Gasteiger partial charge in [0.05, 0.1) is 6.04 Å². The number of hydrogen-bond donors (Lipinski definition) is 2. The number of fused-ring (bicyclic) bond motifs is 1. The van der Waals surface area contributed by atoms with Crippen molar-refractivity contribution >= 4 is 17.4 Å². The number of anilines is 1. The predicted molar refractivity (Wildman–Crippen MR) is 92.9 cm³/mol. The summed E-state index contributed by atoms with van der Waals surface area (Å²) in [6.07, 6.45) is 4.49. The van der Waals surface area contributed by atoms with Crippen molar-refractivity contribution in [2.45, 2.75) is 45.2 Å². The molecule has 1 amide bonds. The van der Waals surface area contributed by atoms with Gasteiger partial charge in [-0.1, -0.05) is 6.07 Å². The van der Waals surface area contributed by atoms with Gasteiger partial charge in [-0.15, -0.1) is 0 Å². The van der Waals surface area contributed by atoms with E-state index in [1.54, 1.807) is 11.5 Å². The van der Waals surface area contributed by atoms with E-state index in [9.17, 15) is 14.9 Å². The van der Waals surface area contributed by atoms with E-state index in [4.69, 9.17) is 5.73 Å². The van der Waals surface area contributed by atoms with Gasteiger partial charge in [-0.3, -0.25) is 4.79 Å². The number of rotatable bonds is 5. The number of aryl methyl sites for hydroxylation is 3. The van der Waals surface area contributed by atoms with Crippen LogP contribution in [0.1, 0.15) is 42.3 Å². The molecule has 0 spiro atoms. The number of nitrogen functional groups attached to an aromatic ring is 1. The number of imidazole rings is 1. The van der Waals surface area contributed by atoms with E-state index in [1.165, 1.54) is 11.8 Å². The normalized spacial score (nSPS) is 16.3. The lowest BCUT2D eigenvalue weighted by molar-refractivity contribution is -0.389. The molecule has 1 aromatic heterocycles. The standard InChI is InChI=1S/C17H21N5O3/c1-11-19-16(22(24)25)10-21(11)8-7-17(23)20-15-4-2-3-12-9-13(18)5-6-14(12)15/h5-6,9-10,15H,2-4,7-8,18H2,1H3,(H,20,23). The molecular weight excluding hydrogens is 322 g/mol. The Morgan fingerprint density at radius 1 is 1.52 bits per heavy atom. The molecule has 8 heteroatoms. The molecule has 0 aliphatic heterocycles. The number of carbonyl (C=O) groups excluding carboxylic acids is 1. The second-order valence-electron chi connectivity index (χ2n) is 6.32. The second-order valence-corrected chi connectivity index (χ2v) is 6.32. The summed E-state index contributed by atoms with van der Waals surface area (Å²) in [6, 6.07) is 5.81. The summed E-state index contributed by atoms with van der Waals surface area (Å²) >= 11 is 0. The highest BCUT2D eigenvalue weighted by Gasteiger charge is 2.22. The van der Waals surface area contributed by atoms with Crippen LogP contribution in [0.3, 0.4) is 0 Å². The van der Waals surface area contributed by atoms with Crippen molar-refractivity contribution in [1.29, 1.82) is 0 Å². The van der Waals surface area contributed by atoms with Crippen molar-refractivity contribution in [2.75, 3.05) is 5.73 Å². The zero-order valence-corrected chi connectivity index (χ0v) is 14.1. The molecular formula is C17H21N5O3. The third kappa shape index (κ3) is 3.78. The van der Waals surface area contributed by atoms with Gasteiger partial charge in [0.15, 0.2) is 0 Å². The summed E-state index contributed by atoms with van der Waals surface area (Å²) in [5.41, 5.74) is 8.89. The summed E-state index contributed by atoms with van der Waals surface area (Å²) in [5.74, 6) is 0.250. The molecule has 0 saturated heterocycles. The molecule has 1 aliphatic carbocycles. The van der Waals surface area contributed by atoms with Crippen LogP contribution in [0.5, 0.6) is 0 Å². The highest BCUT2D eigenvalue weighted by molar-refractivity contribution is 5.76. The number of nitrogens with two attached hydrogens (primary N) is 1. The summed E-state index contributed by atoms with van der Waals surface area (Å²) in [5, 5.41) is 13.8. The van der Waals surface area contributed by atoms with Crippen molar-refractivity contribution in [3.8, 4) is 0 Å². The molecule has 1 aliphatic rings. The molecule has 3 rings (SSSR count). The van der Waals surface area contributed by atoms with E-state index in [0.29, 0.717) is 12.4 Å². The average molecular weight is 343 g/mol. The molecule has 132 valence electrons. The summed E-state index contributed by atoms with van der Waals surface area (Å²) in [6.45, 7) is 2.05. The number of nitrogens with one attached hydrogen (secondary N) is 1. The van der Waals surface area contributed by atoms with E-state index in [0.717, 1.165) is 30.5 Å². The molecule has 0 fully saturated rings. The molecule has 1 aromatic carbocycles. The first-order valence-corrected chi connectivity index (χ1v) is 8.30. The summed E-state index contributed by atoms with van der Waals surface area (Å²) < 4.78 is 1.63. The number of nitrogens with zero attached hydrogens (tertiary/aromatic N) is 3. The first kappa shape index (κ1) is 16.9. The minimum absolute atomic E-state index is 0.00456. The Balaban J connectivity index is 1.61. The first-order chi connectivity index (χ1) is 11.9. The fourth-order valence-electron chi connectivity index (χ4n) is 3.28. The number of aromatic nitrogens is 2. The second kappa shape index (κ2) is 6.92. The van der Waals surface area contributed by atoms with Crippen molar-refractivity contribution in [3.05, 3.63) is 51.5 Å². The quantitative estimate of drug-likeness (QED) is 0.491. The maximum Gasteiger partial charge on any atom is 0.381 e. The highest BCUT2D eigenvalue weighted by Crippen LogP contribution is 2.31. The number of carbonyl (C=O) groups is 1. The van der Waals surface area contributed by atoms with Gasteiger partial charge >= 0.3 is 5.82 Å². The van der Waals surface area contributed by atoms with Crippen LogP contribution in [-0.4, -0.2) is 20.4 Å². The Morgan fingerprint density at radius 2 is 2.32 bits per heavy atom. The molecule has 3 N–H and O–H groups in total. The maximum atomic E-state index is 12.3. The average Bonchev–Trinajstić information content (AvgIpc) is 2.94. The Kier molecular flexibility index (Phi) is 4.69. The molecule has 1 heterocycles. The van der Waals surface area contributed by atoms with Crippen molar-refractivity contribution in [3.63, 3.8) is 0 Å². The largest absolute Gasteiger partial charge is 0.399 e. The van der Waals surface area contributed by atoms with Gasteiger partial charge < -0.3 is 25.7 Å². The smallest absolute Gasteiger partial charge is 0.381 e. The van der Waals surface area contributed by atoms with Crippen LogP contribution in [0, 0.1) is 17.0 Å². The summed E-state index contributed by atoms with van der Waals surface area (Å²) in [4.78, 5) is 26.4. The Bertz CT molecular complexity index is 815. The number of benzene rings is 1. The lowest BCUT2D eigenvalue weighted by Crippen LogP contribution is -2.31. The van der Waals surface area contributed by atoms with E-state index in [1.807, 2.05) is 18.2 Å². The molecule has 1 atom stereocenters. The third-order valence-corrected chi connectivity index (χ3v) is 4.55. The predicted octanol–water partition coefficient (Wildman–Crippen LogP) is 2.27. The van der Waals surface area contributed by atoms with Crippen LogP contribution >= 0.6 is 0 Å². The van der Waals surface area contributed by atoms with Gasteiger partial charge in [-0.25, -0.2) is 0 Å². The molecule has 0 saturated carbocycles. The Hall–Kier alpha value is -2.90. The topological polar surface area (TPSA) is 116 Å². The maximum absolute atomic E-state index is 12.3. The molecule has 0 bridgehead atoms. The van der Waals surface area contributed by atoms with Crippen molar-refractivity contribution in [1.82, 2.24) is 14.9 Å². The lowest BCUT2D eigenvalue weighted by atomic mass is 9.87. The fourth-order valence-corrected chi connectivity index (χ4v) is 3.28. The minimum atomic E-state index is -0.533. The highest BCUT2D eigenvalue weighted by atomic mass is 16.6. The van der Waals surface area contributed by atoms with Gasteiger partial charge in [0.2, 0.25) is 11.7 Å². The van der Waals surface area contributed by atoms with Crippen LogP contribution in [-0.2, 0) is 17.8 Å². The molecule has 2 aromatic rings. The van der Waals surface area contributed by atoms with Gasteiger partial charge in [0.1, 0.15) is 6.20 Å². The first-order valence-electron chi connectivity index (χ1n) is 8.30. The van der Waals surface area contributed by atoms with Crippen LogP contribution in [0.15, 0.2) is 24.4 Å². The molecule has 1 unspecified atom stereocenters. The zero-order valence-electron chi connectivity index (χ0n) is 14.1. The molecule has 8 nitrogen and oxygen atoms in total. The lowest BCUT2D eigenvalue weighted by Gasteiger charge is -2.26. The van der Waals surface area contributed by atoms with Crippen LogP contribution in [0.4, 0.5) is 11.5 Å². The SMILES string of the molecule is Cc1nc([N+](=O)[O-])cn1CCC(=O)NC1CCCc2cc(N)ccc21. The van der Waals surface area contributed by atoms with Crippen LogP contribution in [0.25, 0.3) is 0 Å². The van der Waals surface area contributed by atoms with Crippen molar-refractivity contribution in [2.24, 2.45) is 0 Å². The molecule has 0 radical (unpaired) electrons.